The van der Waals surface area contributed by atoms with Crippen molar-refractivity contribution in [2.24, 2.45) is 0 Å². The maximum Gasteiger partial charge on any atom is 0.220 e. The average molecular weight is 734 g/mol. The van der Waals surface area contributed by atoms with Gasteiger partial charge in [-0.05, 0) is 64.2 Å². The van der Waals surface area contributed by atoms with E-state index in [0.29, 0.717) is 12.8 Å². The molecule has 4 N–H and O–H groups in total. The summed E-state index contributed by atoms with van der Waals surface area (Å²) in [5.74, 6) is -0.157. The molecule has 0 rings (SSSR count). The number of nitrogens with one attached hydrogen (secondary N) is 1. The van der Waals surface area contributed by atoms with Gasteiger partial charge in [0, 0.05) is 6.42 Å². The van der Waals surface area contributed by atoms with Crippen molar-refractivity contribution >= 4 is 5.91 Å². The van der Waals surface area contributed by atoms with Crippen molar-refractivity contribution < 1.29 is 20.1 Å². The van der Waals surface area contributed by atoms with E-state index in [1.54, 1.807) is 0 Å². The zero-order valence-corrected chi connectivity index (χ0v) is 35.0. The fourth-order valence-corrected chi connectivity index (χ4v) is 7.16. The van der Waals surface area contributed by atoms with E-state index in [-0.39, 0.29) is 12.5 Å². The molecule has 0 aromatic rings. The van der Waals surface area contributed by atoms with Crippen LogP contribution < -0.4 is 5.32 Å². The molecule has 308 valence electrons. The van der Waals surface area contributed by atoms with E-state index < -0.39 is 18.2 Å². The second kappa shape index (κ2) is 42.6. The Morgan fingerprint density at radius 2 is 0.769 bits per heavy atom. The Hall–Kier alpha value is -1.17. The molecule has 0 saturated heterocycles. The molecule has 0 heterocycles. The lowest BCUT2D eigenvalue weighted by molar-refractivity contribution is -0.124. The summed E-state index contributed by atoms with van der Waals surface area (Å²) in [7, 11) is 0. The number of allylic oxidation sites excluding steroid dienone is 4. The zero-order valence-electron chi connectivity index (χ0n) is 35.0. The van der Waals surface area contributed by atoms with Crippen molar-refractivity contribution in [1.82, 2.24) is 5.32 Å². The highest BCUT2D eigenvalue weighted by atomic mass is 16.3. The molecule has 5 heteroatoms. The summed E-state index contributed by atoms with van der Waals surface area (Å²) in [6.45, 7) is 4.18. The summed E-state index contributed by atoms with van der Waals surface area (Å²) in [4.78, 5) is 12.4. The van der Waals surface area contributed by atoms with Crippen LogP contribution in [-0.4, -0.2) is 46.1 Å². The molecule has 0 bridgehead atoms. The molecule has 0 radical (unpaired) electrons. The third kappa shape index (κ3) is 37.2. The number of amides is 1. The molecule has 0 aliphatic heterocycles. The van der Waals surface area contributed by atoms with E-state index in [1.165, 1.54) is 180 Å². The average Bonchev–Trinajstić information content (AvgIpc) is 3.15. The third-order valence-electron chi connectivity index (χ3n) is 10.8. The molecule has 3 unspecified atom stereocenters. The summed E-state index contributed by atoms with van der Waals surface area (Å²) in [5.41, 5.74) is 0. The van der Waals surface area contributed by atoms with Gasteiger partial charge < -0.3 is 20.6 Å². The highest BCUT2D eigenvalue weighted by Gasteiger charge is 2.26. The zero-order chi connectivity index (χ0) is 38.0. The van der Waals surface area contributed by atoms with Gasteiger partial charge in [-0.3, -0.25) is 4.79 Å². The molecule has 0 fully saturated rings. The van der Waals surface area contributed by atoms with Crippen LogP contribution in [-0.2, 0) is 4.79 Å². The maximum absolute atomic E-state index is 12.4. The predicted octanol–water partition coefficient (Wildman–Crippen LogP) is 13.4. The van der Waals surface area contributed by atoms with Gasteiger partial charge in [0.25, 0.3) is 0 Å². The van der Waals surface area contributed by atoms with Gasteiger partial charge in [-0.25, -0.2) is 0 Å². The normalized spacial score (nSPS) is 13.7. The SMILES string of the molecule is CCCCCCCCCCC/C=C\CCCCCCCCCC(=O)NC(CO)C(O)C(O)CCC/C=C/CCCCCCCCCCCCCCC. The number of unbranched alkanes of at least 4 members (excludes halogenated alkanes) is 30. The van der Waals surface area contributed by atoms with Crippen LogP contribution in [0, 0.1) is 0 Å². The number of carbonyl (C=O) groups is 1. The number of aliphatic hydroxyl groups excluding tert-OH is 3. The highest BCUT2D eigenvalue weighted by Crippen LogP contribution is 2.15. The smallest absolute Gasteiger partial charge is 0.220 e. The fraction of sp³-hybridized carbons (Fsp3) is 0.894. The lowest BCUT2D eigenvalue weighted by atomic mass is 10.0. The van der Waals surface area contributed by atoms with Crippen LogP contribution in [0.15, 0.2) is 24.3 Å². The summed E-state index contributed by atoms with van der Waals surface area (Å²) in [6.07, 6.45) is 51.5. The summed E-state index contributed by atoms with van der Waals surface area (Å²) in [6, 6.07) is -0.826. The summed E-state index contributed by atoms with van der Waals surface area (Å²) >= 11 is 0. The van der Waals surface area contributed by atoms with Gasteiger partial charge in [0.05, 0.1) is 18.8 Å². The van der Waals surface area contributed by atoms with Gasteiger partial charge in [-0.1, -0.05) is 199 Å². The first-order chi connectivity index (χ1) is 25.6. The number of hydrogen-bond acceptors (Lipinski definition) is 4. The molecular formula is C47H91NO4. The van der Waals surface area contributed by atoms with E-state index in [4.69, 9.17) is 0 Å². The predicted molar refractivity (Wildman–Crippen MR) is 227 cm³/mol. The first kappa shape index (κ1) is 50.8. The quantitative estimate of drug-likeness (QED) is 0.0371. The van der Waals surface area contributed by atoms with Gasteiger partial charge in [-0.15, -0.1) is 0 Å². The van der Waals surface area contributed by atoms with Crippen molar-refractivity contribution in [1.29, 1.82) is 0 Å². The summed E-state index contributed by atoms with van der Waals surface area (Å²) in [5, 5.41) is 33.6. The number of hydrogen-bond donors (Lipinski definition) is 4. The summed E-state index contributed by atoms with van der Waals surface area (Å²) < 4.78 is 0. The number of carbonyl (C=O) groups excluding carboxylic acids is 1. The number of rotatable bonds is 42. The molecular weight excluding hydrogens is 643 g/mol. The van der Waals surface area contributed by atoms with Gasteiger partial charge >= 0.3 is 0 Å². The molecule has 0 spiro atoms. The van der Waals surface area contributed by atoms with Crippen LogP contribution in [0.5, 0.6) is 0 Å². The molecule has 0 aliphatic rings. The van der Waals surface area contributed by atoms with Gasteiger partial charge in [0.15, 0.2) is 0 Å². The Labute approximate surface area is 324 Å². The minimum absolute atomic E-state index is 0.157. The topological polar surface area (TPSA) is 89.8 Å². The Morgan fingerprint density at radius 3 is 1.12 bits per heavy atom. The lowest BCUT2D eigenvalue weighted by Gasteiger charge is -2.26. The van der Waals surface area contributed by atoms with Crippen LogP contribution in [0.3, 0.4) is 0 Å². The molecule has 0 saturated carbocycles. The molecule has 0 aliphatic carbocycles. The van der Waals surface area contributed by atoms with Crippen LogP contribution in [0.1, 0.15) is 245 Å². The van der Waals surface area contributed by atoms with E-state index in [1.807, 2.05) is 0 Å². The van der Waals surface area contributed by atoms with Crippen LogP contribution in [0.25, 0.3) is 0 Å². The lowest BCUT2D eigenvalue weighted by Crippen LogP contribution is -2.50. The van der Waals surface area contributed by atoms with Crippen LogP contribution >= 0.6 is 0 Å². The largest absolute Gasteiger partial charge is 0.394 e. The van der Waals surface area contributed by atoms with Crippen molar-refractivity contribution in [3.8, 4) is 0 Å². The standard InChI is InChI=1S/C47H91NO4/c1-3-5-7-9-11-13-15-17-19-21-23-24-26-28-30-32-34-36-38-40-42-46(51)48-44(43-49)47(52)45(50)41-39-37-35-33-31-29-27-25-22-20-18-16-14-12-10-8-6-4-2/h23-24,33,35,44-45,47,49-50,52H,3-22,25-32,34,36-43H2,1-2H3,(H,48,51)/b24-23-,35-33+. The molecule has 5 nitrogen and oxygen atoms in total. The van der Waals surface area contributed by atoms with Crippen LogP contribution in [0.2, 0.25) is 0 Å². The molecule has 0 aromatic carbocycles. The van der Waals surface area contributed by atoms with Crippen molar-refractivity contribution in [3.05, 3.63) is 24.3 Å². The van der Waals surface area contributed by atoms with E-state index in [2.05, 4.69) is 43.5 Å². The fourth-order valence-electron chi connectivity index (χ4n) is 7.16. The van der Waals surface area contributed by atoms with Crippen molar-refractivity contribution in [2.45, 2.75) is 263 Å². The molecule has 1 amide bonds. The Bertz CT molecular complexity index is 768. The Morgan fingerprint density at radius 1 is 0.462 bits per heavy atom. The highest BCUT2D eigenvalue weighted by molar-refractivity contribution is 5.76. The first-order valence-electron chi connectivity index (χ1n) is 23.1. The second-order valence-electron chi connectivity index (χ2n) is 16.0. The van der Waals surface area contributed by atoms with Crippen LogP contribution in [0.4, 0.5) is 0 Å². The number of aliphatic hydroxyl groups is 3. The Kier molecular flexibility index (Phi) is 41.6. The molecule has 52 heavy (non-hydrogen) atoms. The van der Waals surface area contributed by atoms with E-state index >= 15 is 0 Å². The molecule has 0 aromatic heterocycles. The van der Waals surface area contributed by atoms with Crippen molar-refractivity contribution in [2.75, 3.05) is 6.61 Å². The van der Waals surface area contributed by atoms with E-state index in [9.17, 15) is 20.1 Å². The van der Waals surface area contributed by atoms with Gasteiger partial charge in [-0.2, -0.15) is 0 Å². The third-order valence-corrected chi connectivity index (χ3v) is 10.8. The second-order valence-corrected chi connectivity index (χ2v) is 16.0. The minimum Gasteiger partial charge on any atom is -0.394 e. The van der Waals surface area contributed by atoms with Gasteiger partial charge in [0.1, 0.15) is 6.10 Å². The minimum atomic E-state index is -1.16. The van der Waals surface area contributed by atoms with Gasteiger partial charge in [0.2, 0.25) is 5.91 Å². The van der Waals surface area contributed by atoms with E-state index in [0.717, 1.165) is 38.5 Å². The van der Waals surface area contributed by atoms with Crippen molar-refractivity contribution in [3.63, 3.8) is 0 Å². The Balaban J connectivity index is 3.65. The first-order valence-corrected chi connectivity index (χ1v) is 23.1. The molecule has 3 atom stereocenters. The maximum atomic E-state index is 12.4. The monoisotopic (exact) mass is 734 g/mol.